The van der Waals surface area contributed by atoms with Gasteiger partial charge in [-0.1, -0.05) is 37.5 Å². The van der Waals surface area contributed by atoms with Gasteiger partial charge in [0.15, 0.2) is 5.69 Å². The average Bonchev–Trinajstić information content (AvgIpc) is 2.61. The first-order valence-electron chi connectivity index (χ1n) is 8.19. The van der Waals surface area contributed by atoms with Crippen LogP contribution in [0.15, 0.2) is 29.1 Å². The maximum absolute atomic E-state index is 12.6. The number of aromatic amines is 1. The van der Waals surface area contributed by atoms with E-state index in [1.807, 2.05) is 0 Å². The highest BCUT2D eigenvalue weighted by atomic mass is 35.5. The van der Waals surface area contributed by atoms with Gasteiger partial charge in [-0.25, -0.2) is 5.10 Å². The van der Waals surface area contributed by atoms with E-state index in [1.165, 1.54) is 19.3 Å². The summed E-state index contributed by atoms with van der Waals surface area (Å²) >= 11 is 0. The van der Waals surface area contributed by atoms with Crippen LogP contribution in [0.2, 0.25) is 0 Å². The predicted octanol–water partition coefficient (Wildman–Crippen LogP) is 1.98. The highest BCUT2D eigenvalue weighted by Gasteiger charge is 2.25. The Morgan fingerprint density at radius 2 is 1.92 bits per heavy atom. The number of nitrogens with zero attached hydrogens (tertiary/aromatic N) is 1. The summed E-state index contributed by atoms with van der Waals surface area (Å²) in [5.74, 6) is 0.144. The van der Waals surface area contributed by atoms with E-state index in [0.29, 0.717) is 23.2 Å². The van der Waals surface area contributed by atoms with E-state index in [4.69, 9.17) is 5.73 Å². The summed E-state index contributed by atoms with van der Waals surface area (Å²) in [4.78, 5) is 24.4. The zero-order chi connectivity index (χ0) is 16.2. The fraction of sp³-hybridized carbons (Fsp3) is 0.471. The van der Waals surface area contributed by atoms with Crippen molar-refractivity contribution in [3.63, 3.8) is 0 Å². The van der Waals surface area contributed by atoms with Gasteiger partial charge in [0.1, 0.15) is 0 Å². The van der Waals surface area contributed by atoms with E-state index >= 15 is 0 Å². The Hall–Kier alpha value is -1.92. The standard InChI is InChI=1S/C17H22N4O2.ClH/c18-10-14(11-6-2-1-3-7-11)19-17(23)15-12-8-4-5-9-13(12)16(22)21-20-15;/h4-5,8-9,11,14H,1-3,6-7,10,18H2,(H,19,23)(H,21,22);1H. The number of aromatic nitrogens is 2. The van der Waals surface area contributed by atoms with E-state index in [0.717, 1.165) is 12.8 Å². The van der Waals surface area contributed by atoms with Gasteiger partial charge >= 0.3 is 0 Å². The summed E-state index contributed by atoms with van der Waals surface area (Å²) in [6, 6.07) is 6.94. The molecule has 1 aromatic heterocycles. The van der Waals surface area contributed by atoms with Gasteiger partial charge in [-0.15, -0.1) is 12.4 Å². The lowest BCUT2D eigenvalue weighted by Gasteiger charge is -2.30. The summed E-state index contributed by atoms with van der Waals surface area (Å²) in [5.41, 5.74) is 5.83. The number of amides is 1. The van der Waals surface area contributed by atoms with Gasteiger partial charge in [-0.05, 0) is 24.8 Å². The first-order valence-corrected chi connectivity index (χ1v) is 8.19. The summed E-state index contributed by atoms with van der Waals surface area (Å²) in [6.07, 6.45) is 5.84. The van der Waals surface area contributed by atoms with Crippen molar-refractivity contribution in [1.82, 2.24) is 15.5 Å². The first-order chi connectivity index (χ1) is 11.2. The molecule has 2 aromatic rings. The van der Waals surface area contributed by atoms with Crippen LogP contribution in [-0.4, -0.2) is 28.7 Å². The highest BCUT2D eigenvalue weighted by Crippen LogP contribution is 2.26. The molecule has 7 heteroatoms. The quantitative estimate of drug-likeness (QED) is 0.784. The lowest BCUT2D eigenvalue weighted by molar-refractivity contribution is 0.0911. The minimum absolute atomic E-state index is 0. The molecule has 0 spiro atoms. The van der Waals surface area contributed by atoms with Crippen molar-refractivity contribution in [2.24, 2.45) is 11.7 Å². The molecule has 1 aliphatic carbocycles. The number of halogens is 1. The molecule has 4 N–H and O–H groups in total. The third-order valence-electron chi connectivity index (χ3n) is 4.70. The van der Waals surface area contributed by atoms with Gasteiger partial charge in [0, 0.05) is 18.0 Å². The number of rotatable bonds is 4. The highest BCUT2D eigenvalue weighted by molar-refractivity contribution is 6.04. The second-order valence-electron chi connectivity index (χ2n) is 6.16. The normalized spacial score (nSPS) is 16.4. The van der Waals surface area contributed by atoms with Crippen LogP contribution in [0.1, 0.15) is 42.6 Å². The molecule has 0 radical (unpaired) electrons. The Bertz CT molecular complexity index is 756. The number of hydrogen-bond acceptors (Lipinski definition) is 4. The smallest absolute Gasteiger partial charge is 0.272 e. The van der Waals surface area contributed by atoms with Crippen LogP contribution < -0.4 is 16.6 Å². The van der Waals surface area contributed by atoms with Gasteiger partial charge in [-0.2, -0.15) is 5.10 Å². The fourth-order valence-corrected chi connectivity index (χ4v) is 3.43. The van der Waals surface area contributed by atoms with Gasteiger partial charge in [0.2, 0.25) is 0 Å². The predicted molar refractivity (Wildman–Crippen MR) is 96.5 cm³/mol. The van der Waals surface area contributed by atoms with Gasteiger partial charge < -0.3 is 11.1 Å². The minimum atomic E-state index is -0.292. The molecule has 1 fully saturated rings. The molecule has 1 heterocycles. The Morgan fingerprint density at radius 1 is 1.25 bits per heavy atom. The molecular formula is C17H23ClN4O2. The van der Waals surface area contributed by atoms with E-state index in [-0.39, 0.29) is 35.6 Å². The summed E-state index contributed by atoms with van der Waals surface area (Å²) in [6.45, 7) is 0.414. The van der Waals surface area contributed by atoms with Crippen molar-refractivity contribution < 1.29 is 4.79 Å². The van der Waals surface area contributed by atoms with Gasteiger partial charge in [-0.3, -0.25) is 9.59 Å². The summed E-state index contributed by atoms with van der Waals surface area (Å²) in [7, 11) is 0. The van der Waals surface area contributed by atoms with Crippen LogP contribution >= 0.6 is 12.4 Å². The van der Waals surface area contributed by atoms with Gasteiger partial charge in [0.25, 0.3) is 11.5 Å². The molecule has 1 atom stereocenters. The first kappa shape index (κ1) is 18.4. The van der Waals surface area contributed by atoms with Crippen LogP contribution in [0.4, 0.5) is 0 Å². The molecule has 1 amide bonds. The Labute approximate surface area is 146 Å². The SMILES string of the molecule is Cl.NCC(NC(=O)c1n[nH]c(=O)c2ccccc12)C1CCCCC1. The van der Waals surface area contributed by atoms with Crippen molar-refractivity contribution >= 4 is 29.1 Å². The summed E-state index contributed by atoms with van der Waals surface area (Å²) < 4.78 is 0. The largest absolute Gasteiger partial charge is 0.346 e. The number of nitrogens with two attached hydrogens (primary N) is 1. The van der Waals surface area contributed by atoms with Gasteiger partial charge in [0.05, 0.1) is 5.39 Å². The van der Waals surface area contributed by atoms with E-state index in [9.17, 15) is 9.59 Å². The van der Waals surface area contributed by atoms with Crippen molar-refractivity contribution in [2.75, 3.05) is 6.54 Å². The summed E-state index contributed by atoms with van der Waals surface area (Å²) in [5, 5.41) is 10.4. The molecule has 1 aliphatic rings. The average molecular weight is 351 g/mol. The number of nitrogens with one attached hydrogen (secondary N) is 2. The van der Waals surface area contributed by atoms with Crippen molar-refractivity contribution in [3.05, 3.63) is 40.3 Å². The Morgan fingerprint density at radius 3 is 2.58 bits per heavy atom. The molecule has 6 nitrogen and oxygen atoms in total. The van der Waals surface area contributed by atoms with Crippen LogP contribution in [0.5, 0.6) is 0 Å². The Kier molecular flexibility index (Phi) is 6.34. The number of benzene rings is 1. The molecule has 0 aliphatic heterocycles. The topological polar surface area (TPSA) is 101 Å². The molecule has 1 unspecified atom stereocenters. The second kappa shape index (κ2) is 8.26. The zero-order valence-electron chi connectivity index (χ0n) is 13.5. The number of hydrogen-bond donors (Lipinski definition) is 3. The molecule has 24 heavy (non-hydrogen) atoms. The number of H-pyrrole nitrogens is 1. The number of fused-ring (bicyclic) bond motifs is 1. The fourth-order valence-electron chi connectivity index (χ4n) is 3.43. The molecule has 130 valence electrons. The third-order valence-corrected chi connectivity index (χ3v) is 4.70. The van der Waals surface area contributed by atoms with Crippen LogP contribution in [-0.2, 0) is 0 Å². The molecule has 1 saturated carbocycles. The minimum Gasteiger partial charge on any atom is -0.346 e. The molecule has 0 saturated heterocycles. The van der Waals surface area contributed by atoms with E-state index in [2.05, 4.69) is 15.5 Å². The van der Waals surface area contributed by atoms with Crippen LogP contribution in [0.3, 0.4) is 0 Å². The van der Waals surface area contributed by atoms with E-state index in [1.54, 1.807) is 24.3 Å². The second-order valence-corrected chi connectivity index (χ2v) is 6.16. The third kappa shape index (κ3) is 3.76. The van der Waals surface area contributed by atoms with Crippen molar-refractivity contribution in [3.8, 4) is 0 Å². The molecular weight excluding hydrogens is 328 g/mol. The van der Waals surface area contributed by atoms with Crippen molar-refractivity contribution in [2.45, 2.75) is 38.1 Å². The number of carbonyl (C=O) groups is 1. The maximum atomic E-state index is 12.6. The maximum Gasteiger partial charge on any atom is 0.272 e. The van der Waals surface area contributed by atoms with Crippen LogP contribution in [0, 0.1) is 5.92 Å². The Balaban J connectivity index is 0.00000208. The monoisotopic (exact) mass is 350 g/mol. The van der Waals surface area contributed by atoms with Crippen molar-refractivity contribution in [1.29, 1.82) is 0 Å². The lowest BCUT2D eigenvalue weighted by atomic mass is 9.84. The molecule has 3 rings (SSSR count). The molecule has 1 aromatic carbocycles. The lowest BCUT2D eigenvalue weighted by Crippen LogP contribution is -2.46. The van der Waals surface area contributed by atoms with Crippen LogP contribution in [0.25, 0.3) is 10.8 Å². The number of carbonyl (C=O) groups excluding carboxylic acids is 1. The zero-order valence-corrected chi connectivity index (χ0v) is 14.3. The van der Waals surface area contributed by atoms with E-state index < -0.39 is 0 Å². The molecule has 0 bridgehead atoms.